The first kappa shape index (κ1) is 27.0. The second-order valence-corrected chi connectivity index (χ2v) is 10.3. The molecule has 1 heterocycles. The van der Waals surface area contributed by atoms with E-state index in [9.17, 15) is 9.59 Å². The fraction of sp³-hybridized carbons (Fsp3) is 0.154. The van der Waals surface area contributed by atoms with Gasteiger partial charge in [-0.3, -0.25) is 4.79 Å². The van der Waals surface area contributed by atoms with E-state index in [-0.39, 0.29) is 17.7 Å². The van der Waals surface area contributed by atoms with Crippen LogP contribution in [0.5, 0.6) is 11.5 Å². The van der Waals surface area contributed by atoms with Gasteiger partial charge in [0.05, 0.1) is 33.8 Å². The van der Waals surface area contributed by atoms with Gasteiger partial charge in [0.25, 0.3) is 5.56 Å². The van der Waals surface area contributed by atoms with Crippen molar-refractivity contribution < 1.29 is 19.4 Å². The molecule has 0 aliphatic heterocycles. The number of aromatic carboxylic acids is 1. The number of ether oxygens (including phenoxy) is 2. The SMILES string of the molecule is CCOc1cc(C=Nn2c(C)nc3ccc(Br)cc3c2=O)c(Br)c(Br)c1OCc1ccc(C(=O)O)cc1. The Hall–Kier alpha value is -3.02. The Morgan fingerprint density at radius 3 is 2.49 bits per heavy atom. The minimum Gasteiger partial charge on any atom is -0.490 e. The molecule has 0 amide bonds. The Labute approximate surface area is 237 Å². The first-order valence-corrected chi connectivity index (χ1v) is 13.4. The molecule has 4 rings (SSSR count). The maximum Gasteiger partial charge on any atom is 0.335 e. The quantitative estimate of drug-likeness (QED) is 0.210. The van der Waals surface area contributed by atoms with E-state index in [2.05, 4.69) is 57.9 Å². The van der Waals surface area contributed by atoms with Gasteiger partial charge in [-0.05, 0) is 87.7 Å². The lowest BCUT2D eigenvalue weighted by Crippen LogP contribution is -2.20. The van der Waals surface area contributed by atoms with Crippen LogP contribution in [0.1, 0.15) is 34.2 Å². The fourth-order valence-corrected chi connectivity index (χ4v) is 4.81. The molecule has 1 N–H and O–H groups in total. The largest absolute Gasteiger partial charge is 0.490 e. The normalized spacial score (nSPS) is 11.3. The number of carboxylic acids is 1. The summed E-state index contributed by atoms with van der Waals surface area (Å²) in [4.78, 5) is 28.6. The molecule has 0 aliphatic rings. The van der Waals surface area contributed by atoms with Crippen molar-refractivity contribution >= 4 is 70.9 Å². The Morgan fingerprint density at radius 2 is 1.81 bits per heavy atom. The number of hydrogen-bond acceptors (Lipinski definition) is 6. The number of fused-ring (bicyclic) bond motifs is 1. The fourth-order valence-electron chi connectivity index (χ4n) is 3.51. The van der Waals surface area contributed by atoms with Crippen molar-refractivity contribution in [3.8, 4) is 11.5 Å². The molecule has 0 saturated heterocycles. The van der Waals surface area contributed by atoms with Crippen LogP contribution in [0.25, 0.3) is 10.9 Å². The molecule has 1 aromatic heterocycles. The summed E-state index contributed by atoms with van der Waals surface area (Å²) in [5.41, 5.74) is 1.96. The molecule has 0 unspecified atom stereocenters. The highest BCUT2D eigenvalue weighted by Gasteiger charge is 2.18. The topological polar surface area (TPSA) is 103 Å². The highest BCUT2D eigenvalue weighted by atomic mass is 79.9. The molecule has 8 nitrogen and oxygen atoms in total. The predicted octanol–water partition coefficient (Wildman–Crippen LogP) is 6.55. The lowest BCUT2D eigenvalue weighted by molar-refractivity contribution is 0.0697. The predicted molar refractivity (Wildman–Crippen MR) is 152 cm³/mol. The molecule has 0 fully saturated rings. The summed E-state index contributed by atoms with van der Waals surface area (Å²) < 4.78 is 15.1. The third-order valence-electron chi connectivity index (χ3n) is 5.32. The number of halogens is 3. The third-order valence-corrected chi connectivity index (χ3v) is 7.96. The zero-order chi connectivity index (χ0) is 26.7. The lowest BCUT2D eigenvalue weighted by Gasteiger charge is -2.16. The summed E-state index contributed by atoms with van der Waals surface area (Å²) in [5.74, 6) is 0.412. The van der Waals surface area contributed by atoms with Gasteiger partial charge in [0.15, 0.2) is 11.5 Å². The number of carboxylic acid groups (broad SMARTS) is 1. The average Bonchev–Trinajstić information content (AvgIpc) is 2.87. The minimum absolute atomic E-state index is 0.200. The van der Waals surface area contributed by atoms with E-state index >= 15 is 0 Å². The van der Waals surface area contributed by atoms with Crippen LogP contribution in [0.15, 0.2) is 71.8 Å². The van der Waals surface area contributed by atoms with Gasteiger partial charge in [-0.25, -0.2) is 9.78 Å². The van der Waals surface area contributed by atoms with Gasteiger partial charge in [-0.2, -0.15) is 9.78 Å². The first-order valence-electron chi connectivity index (χ1n) is 11.0. The van der Waals surface area contributed by atoms with Gasteiger partial charge in [0, 0.05) is 14.5 Å². The van der Waals surface area contributed by atoms with Crippen LogP contribution >= 0.6 is 47.8 Å². The molecule has 0 bridgehead atoms. The number of aryl methyl sites for hydroxylation is 1. The molecule has 0 radical (unpaired) electrons. The molecule has 0 saturated carbocycles. The number of aromatic nitrogens is 2. The van der Waals surface area contributed by atoms with Crippen molar-refractivity contribution in [3.05, 3.63) is 94.8 Å². The zero-order valence-electron chi connectivity index (χ0n) is 19.7. The van der Waals surface area contributed by atoms with Crippen LogP contribution in [0, 0.1) is 6.92 Å². The van der Waals surface area contributed by atoms with E-state index in [1.807, 2.05) is 13.0 Å². The van der Waals surface area contributed by atoms with E-state index in [4.69, 9.17) is 14.6 Å². The standard InChI is InChI=1S/C26H20Br3N3O5/c1-3-36-21-10-17(12-30-32-14(2)31-20-9-8-18(27)11-19(20)25(32)33)22(28)23(29)24(21)37-13-15-4-6-16(7-5-15)26(34)35/h4-12H,3,13H2,1-2H3,(H,34,35). The molecule has 37 heavy (non-hydrogen) atoms. The maximum atomic E-state index is 13.1. The summed E-state index contributed by atoms with van der Waals surface area (Å²) in [6, 6.07) is 13.5. The smallest absolute Gasteiger partial charge is 0.335 e. The molecule has 3 aromatic carbocycles. The Kier molecular flexibility index (Phi) is 8.46. The van der Waals surface area contributed by atoms with E-state index in [0.717, 1.165) is 10.0 Å². The van der Waals surface area contributed by atoms with Crippen LogP contribution in [-0.4, -0.2) is 33.6 Å². The van der Waals surface area contributed by atoms with Gasteiger partial charge >= 0.3 is 5.97 Å². The Balaban J connectivity index is 1.67. The van der Waals surface area contributed by atoms with Crippen molar-refractivity contribution in [1.82, 2.24) is 9.66 Å². The molecular weight excluding hydrogens is 674 g/mol. The lowest BCUT2D eigenvalue weighted by atomic mass is 10.1. The van der Waals surface area contributed by atoms with E-state index in [1.54, 1.807) is 43.5 Å². The maximum absolute atomic E-state index is 13.1. The number of nitrogens with zero attached hydrogens (tertiary/aromatic N) is 3. The van der Waals surface area contributed by atoms with Crippen LogP contribution in [0.2, 0.25) is 0 Å². The van der Waals surface area contributed by atoms with E-state index < -0.39 is 5.97 Å². The Morgan fingerprint density at radius 1 is 1.08 bits per heavy atom. The molecule has 0 atom stereocenters. The van der Waals surface area contributed by atoms with Gasteiger partial charge < -0.3 is 14.6 Å². The number of carbonyl (C=O) groups is 1. The van der Waals surface area contributed by atoms with Crippen molar-refractivity contribution in [2.24, 2.45) is 5.10 Å². The van der Waals surface area contributed by atoms with Crippen molar-refractivity contribution in [2.45, 2.75) is 20.5 Å². The van der Waals surface area contributed by atoms with E-state index in [0.29, 0.717) is 49.3 Å². The summed E-state index contributed by atoms with van der Waals surface area (Å²) in [7, 11) is 0. The number of rotatable bonds is 8. The van der Waals surface area contributed by atoms with Crippen molar-refractivity contribution in [2.75, 3.05) is 6.61 Å². The van der Waals surface area contributed by atoms with Gasteiger partial charge in [0.2, 0.25) is 0 Å². The summed E-state index contributed by atoms with van der Waals surface area (Å²) in [5, 5.41) is 13.9. The minimum atomic E-state index is -0.986. The van der Waals surface area contributed by atoms with Crippen LogP contribution < -0.4 is 15.0 Å². The Bertz CT molecular complexity index is 1580. The number of benzene rings is 3. The van der Waals surface area contributed by atoms with Gasteiger partial charge in [-0.1, -0.05) is 28.1 Å². The molecule has 4 aromatic rings. The second-order valence-electron chi connectivity index (χ2n) is 7.83. The second kappa shape index (κ2) is 11.6. The van der Waals surface area contributed by atoms with Gasteiger partial charge in [0.1, 0.15) is 12.4 Å². The zero-order valence-corrected chi connectivity index (χ0v) is 24.4. The van der Waals surface area contributed by atoms with E-state index in [1.165, 1.54) is 16.8 Å². The highest BCUT2D eigenvalue weighted by Crippen LogP contribution is 2.43. The van der Waals surface area contributed by atoms with Crippen LogP contribution in [0.3, 0.4) is 0 Å². The molecule has 11 heteroatoms. The first-order chi connectivity index (χ1) is 17.7. The highest BCUT2D eigenvalue weighted by molar-refractivity contribution is 9.13. The summed E-state index contributed by atoms with van der Waals surface area (Å²) >= 11 is 10.5. The third kappa shape index (κ3) is 5.94. The molecule has 0 aliphatic carbocycles. The summed E-state index contributed by atoms with van der Waals surface area (Å²) in [6.07, 6.45) is 1.55. The van der Waals surface area contributed by atoms with Crippen molar-refractivity contribution in [1.29, 1.82) is 0 Å². The average molecular weight is 694 g/mol. The van der Waals surface area contributed by atoms with Crippen LogP contribution in [0.4, 0.5) is 0 Å². The van der Waals surface area contributed by atoms with Crippen molar-refractivity contribution in [3.63, 3.8) is 0 Å². The van der Waals surface area contributed by atoms with Gasteiger partial charge in [-0.15, -0.1) is 0 Å². The molecule has 190 valence electrons. The van der Waals surface area contributed by atoms with Crippen LogP contribution in [-0.2, 0) is 6.61 Å². The summed E-state index contributed by atoms with van der Waals surface area (Å²) in [6.45, 7) is 4.18. The number of hydrogen-bond donors (Lipinski definition) is 1. The monoisotopic (exact) mass is 691 g/mol. The molecule has 0 spiro atoms. The molecular formula is C26H20Br3N3O5.